The van der Waals surface area contributed by atoms with Gasteiger partial charge in [-0.2, -0.15) is 0 Å². The Morgan fingerprint density at radius 1 is 1.40 bits per heavy atom. The Labute approximate surface area is 127 Å². The third kappa shape index (κ3) is 3.49. The lowest BCUT2D eigenvalue weighted by Crippen LogP contribution is -2.22. The summed E-state index contributed by atoms with van der Waals surface area (Å²) < 4.78 is 0.770. The third-order valence-electron chi connectivity index (χ3n) is 2.79. The van der Waals surface area contributed by atoms with Crippen molar-refractivity contribution in [3.8, 4) is 0 Å². The Bertz CT molecular complexity index is 612. The molecule has 0 aromatic carbocycles. The molecule has 20 heavy (non-hydrogen) atoms. The van der Waals surface area contributed by atoms with Gasteiger partial charge in [0.25, 0.3) is 5.91 Å². The van der Waals surface area contributed by atoms with Crippen LogP contribution < -0.4 is 5.32 Å². The summed E-state index contributed by atoms with van der Waals surface area (Å²) in [6.45, 7) is 2.05. The van der Waals surface area contributed by atoms with Crippen LogP contribution in [-0.2, 0) is 0 Å². The monoisotopic (exact) mass is 309 g/mol. The van der Waals surface area contributed by atoms with Crippen molar-refractivity contribution in [1.82, 2.24) is 9.88 Å². The fraction of sp³-hybridized carbons (Fsp3) is 0.286. The summed E-state index contributed by atoms with van der Waals surface area (Å²) in [4.78, 5) is 18.6. The van der Waals surface area contributed by atoms with Crippen LogP contribution in [0.15, 0.2) is 30.5 Å². The highest BCUT2D eigenvalue weighted by atomic mass is 35.5. The number of anilines is 1. The number of rotatable bonds is 4. The molecule has 0 aliphatic carbocycles. The summed E-state index contributed by atoms with van der Waals surface area (Å²) in [7, 11) is 3.42. The molecule has 106 valence electrons. The van der Waals surface area contributed by atoms with Crippen LogP contribution in [0.5, 0.6) is 0 Å². The molecule has 0 bridgehead atoms. The average molecular weight is 310 g/mol. The van der Waals surface area contributed by atoms with Gasteiger partial charge in [0.1, 0.15) is 5.69 Å². The Kier molecular flexibility index (Phi) is 4.62. The first-order chi connectivity index (χ1) is 9.47. The van der Waals surface area contributed by atoms with Gasteiger partial charge in [-0.15, -0.1) is 11.3 Å². The Morgan fingerprint density at radius 2 is 2.15 bits per heavy atom. The minimum atomic E-state index is -0.111. The number of nitrogens with one attached hydrogen (secondary N) is 1. The van der Waals surface area contributed by atoms with Gasteiger partial charge < -0.3 is 10.2 Å². The molecular formula is C14H16ClN3OS. The number of thiophene rings is 1. The highest BCUT2D eigenvalue weighted by molar-refractivity contribution is 7.16. The number of hydrogen-bond acceptors (Lipinski definition) is 4. The summed E-state index contributed by atoms with van der Waals surface area (Å²) in [6.07, 6.45) is 1.63. The van der Waals surface area contributed by atoms with E-state index in [0.717, 1.165) is 14.9 Å². The Hall–Kier alpha value is -1.59. The Balaban J connectivity index is 2.14. The van der Waals surface area contributed by atoms with Crippen LogP contribution in [-0.4, -0.2) is 29.9 Å². The molecule has 0 spiro atoms. The number of carbonyl (C=O) groups is 1. The van der Waals surface area contributed by atoms with Crippen molar-refractivity contribution in [3.63, 3.8) is 0 Å². The van der Waals surface area contributed by atoms with E-state index < -0.39 is 0 Å². The van der Waals surface area contributed by atoms with Gasteiger partial charge in [-0.3, -0.25) is 9.78 Å². The van der Waals surface area contributed by atoms with Crippen molar-refractivity contribution < 1.29 is 4.79 Å². The average Bonchev–Trinajstić information content (AvgIpc) is 2.85. The minimum absolute atomic E-state index is 0.111. The van der Waals surface area contributed by atoms with E-state index in [2.05, 4.69) is 17.2 Å². The van der Waals surface area contributed by atoms with E-state index in [9.17, 15) is 4.79 Å². The predicted molar refractivity (Wildman–Crippen MR) is 83.6 cm³/mol. The van der Waals surface area contributed by atoms with Gasteiger partial charge in [-0.25, -0.2) is 0 Å². The van der Waals surface area contributed by atoms with E-state index in [1.807, 2.05) is 18.2 Å². The second-order valence-corrected chi connectivity index (χ2v) is 6.38. The molecule has 1 N–H and O–H groups in total. The predicted octanol–water partition coefficient (Wildman–Crippen LogP) is 3.67. The quantitative estimate of drug-likeness (QED) is 0.937. The Morgan fingerprint density at radius 3 is 2.75 bits per heavy atom. The van der Waals surface area contributed by atoms with Gasteiger partial charge in [0.2, 0.25) is 0 Å². The van der Waals surface area contributed by atoms with E-state index in [-0.39, 0.29) is 11.9 Å². The van der Waals surface area contributed by atoms with Crippen LogP contribution in [0.3, 0.4) is 0 Å². The molecule has 1 atom stereocenters. The number of pyridine rings is 1. The molecule has 0 saturated heterocycles. The lowest BCUT2D eigenvalue weighted by atomic mass is 10.2. The molecule has 0 aliphatic heterocycles. The second-order valence-electron chi connectivity index (χ2n) is 4.64. The molecular weight excluding hydrogens is 294 g/mol. The van der Waals surface area contributed by atoms with Crippen molar-refractivity contribution in [2.45, 2.75) is 13.0 Å². The van der Waals surface area contributed by atoms with Crippen LogP contribution in [0.2, 0.25) is 4.34 Å². The van der Waals surface area contributed by atoms with E-state index in [1.165, 1.54) is 4.90 Å². The first-order valence-electron chi connectivity index (χ1n) is 6.17. The third-order valence-corrected chi connectivity index (χ3v) is 4.20. The summed E-state index contributed by atoms with van der Waals surface area (Å²) in [5.74, 6) is -0.111. The largest absolute Gasteiger partial charge is 0.378 e. The van der Waals surface area contributed by atoms with E-state index in [1.54, 1.807) is 37.7 Å². The van der Waals surface area contributed by atoms with Gasteiger partial charge in [0, 0.05) is 30.9 Å². The van der Waals surface area contributed by atoms with Gasteiger partial charge in [0.05, 0.1) is 10.4 Å². The maximum atomic E-state index is 11.9. The fourth-order valence-electron chi connectivity index (χ4n) is 1.75. The first kappa shape index (κ1) is 14.8. The molecule has 4 nitrogen and oxygen atoms in total. The minimum Gasteiger partial charge on any atom is -0.378 e. The van der Waals surface area contributed by atoms with Crippen LogP contribution in [0.25, 0.3) is 0 Å². The van der Waals surface area contributed by atoms with E-state index in [4.69, 9.17) is 11.6 Å². The molecule has 0 aliphatic rings. The smallest absolute Gasteiger partial charge is 0.272 e. The molecule has 0 radical (unpaired) electrons. The normalized spacial score (nSPS) is 12.0. The van der Waals surface area contributed by atoms with Crippen molar-refractivity contribution in [2.24, 2.45) is 0 Å². The summed E-state index contributed by atoms with van der Waals surface area (Å²) in [5, 5.41) is 3.35. The zero-order valence-electron chi connectivity index (χ0n) is 11.6. The first-order valence-corrected chi connectivity index (χ1v) is 7.36. The van der Waals surface area contributed by atoms with Crippen molar-refractivity contribution in [1.29, 1.82) is 0 Å². The van der Waals surface area contributed by atoms with Crippen LogP contribution in [0, 0.1) is 0 Å². The zero-order chi connectivity index (χ0) is 14.7. The molecule has 0 fully saturated rings. The van der Waals surface area contributed by atoms with E-state index in [0.29, 0.717) is 5.69 Å². The van der Waals surface area contributed by atoms with Crippen LogP contribution in [0.4, 0.5) is 5.69 Å². The number of nitrogens with zero attached hydrogens (tertiary/aromatic N) is 2. The van der Waals surface area contributed by atoms with Crippen LogP contribution in [0.1, 0.15) is 28.3 Å². The number of amides is 1. The fourth-order valence-corrected chi connectivity index (χ4v) is 2.81. The molecule has 1 amide bonds. The van der Waals surface area contributed by atoms with Crippen LogP contribution >= 0.6 is 22.9 Å². The maximum Gasteiger partial charge on any atom is 0.272 e. The van der Waals surface area contributed by atoms with Crippen molar-refractivity contribution in [2.75, 3.05) is 19.4 Å². The molecule has 2 rings (SSSR count). The number of halogens is 1. The second kappa shape index (κ2) is 6.24. The molecule has 1 unspecified atom stereocenters. The van der Waals surface area contributed by atoms with Gasteiger partial charge in [-0.1, -0.05) is 11.6 Å². The molecule has 2 aromatic heterocycles. The van der Waals surface area contributed by atoms with Crippen molar-refractivity contribution in [3.05, 3.63) is 45.4 Å². The van der Waals surface area contributed by atoms with Gasteiger partial charge in [-0.05, 0) is 31.2 Å². The summed E-state index contributed by atoms with van der Waals surface area (Å²) >= 11 is 7.48. The van der Waals surface area contributed by atoms with Crippen molar-refractivity contribution >= 4 is 34.5 Å². The summed E-state index contributed by atoms with van der Waals surface area (Å²) in [5.41, 5.74) is 1.29. The lowest BCUT2D eigenvalue weighted by Gasteiger charge is -2.15. The lowest BCUT2D eigenvalue weighted by molar-refractivity contribution is 0.0822. The SMILES string of the molecule is CC(Nc1ccnc(C(=O)N(C)C)c1)c1ccc(Cl)s1. The summed E-state index contributed by atoms with van der Waals surface area (Å²) in [6, 6.07) is 7.61. The standard InChI is InChI=1S/C14H16ClN3OS/c1-9(12-4-5-13(15)20-12)17-10-6-7-16-11(8-10)14(19)18(2)3/h4-9H,1-3H3,(H,16,17). The zero-order valence-corrected chi connectivity index (χ0v) is 13.1. The molecule has 2 aromatic rings. The van der Waals surface area contributed by atoms with Gasteiger partial charge >= 0.3 is 0 Å². The maximum absolute atomic E-state index is 11.9. The molecule has 2 heterocycles. The highest BCUT2D eigenvalue weighted by Gasteiger charge is 2.12. The van der Waals surface area contributed by atoms with E-state index >= 15 is 0 Å². The topological polar surface area (TPSA) is 45.2 Å². The number of hydrogen-bond donors (Lipinski definition) is 1. The number of aromatic nitrogens is 1. The molecule has 6 heteroatoms. The number of carbonyl (C=O) groups excluding carboxylic acids is 1. The highest BCUT2D eigenvalue weighted by Crippen LogP contribution is 2.28. The molecule has 0 saturated carbocycles. The van der Waals surface area contributed by atoms with Gasteiger partial charge in [0.15, 0.2) is 0 Å².